The van der Waals surface area contributed by atoms with Crippen molar-refractivity contribution >= 4 is 11.8 Å². The fourth-order valence-electron chi connectivity index (χ4n) is 3.83. The number of hydrogen-bond donors (Lipinski definition) is 0. The predicted molar refractivity (Wildman–Crippen MR) is 95.8 cm³/mol. The van der Waals surface area contributed by atoms with E-state index in [1.54, 1.807) is 0 Å². The molecule has 2 saturated heterocycles. The van der Waals surface area contributed by atoms with E-state index in [0.717, 1.165) is 51.0 Å². The number of rotatable bonds is 4. The SMILES string of the molecule is c1cnc(N2CCN(C3CN(c4nccnc4C4CC4)C3)CC2)nc1. The number of anilines is 2. The van der Waals surface area contributed by atoms with E-state index >= 15 is 0 Å². The average Bonchev–Trinajstić information content (AvgIpc) is 3.47. The summed E-state index contributed by atoms with van der Waals surface area (Å²) in [6.07, 6.45) is 9.83. The van der Waals surface area contributed by atoms with Crippen LogP contribution >= 0.6 is 0 Å². The van der Waals surface area contributed by atoms with Crippen LogP contribution in [0.5, 0.6) is 0 Å². The van der Waals surface area contributed by atoms with Crippen molar-refractivity contribution in [3.63, 3.8) is 0 Å². The van der Waals surface area contributed by atoms with Gasteiger partial charge in [-0.15, -0.1) is 0 Å². The molecule has 3 fully saturated rings. The van der Waals surface area contributed by atoms with Crippen LogP contribution in [0.4, 0.5) is 11.8 Å². The van der Waals surface area contributed by atoms with Crippen LogP contribution in [0.15, 0.2) is 30.9 Å². The monoisotopic (exact) mass is 337 g/mol. The third-order valence-electron chi connectivity index (χ3n) is 5.50. The van der Waals surface area contributed by atoms with Crippen LogP contribution in [-0.4, -0.2) is 70.1 Å². The average molecular weight is 337 g/mol. The molecule has 2 aromatic rings. The normalized spacial score (nSPS) is 22.1. The van der Waals surface area contributed by atoms with Crippen molar-refractivity contribution in [3.8, 4) is 0 Å². The molecule has 0 spiro atoms. The lowest BCUT2D eigenvalue weighted by molar-refractivity contribution is 0.156. The highest BCUT2D eigenvalue weighted by Crippen LogP contribution is 2.43. The van der Waals surface area contributed by atoms with Gasteiger partial charge in [-0.2, -0.15) is 0 Å². The maximum atomic E-state index is 4.61. The van der Waals surface area contributed by atoms with Crippen LogP contribution in [0.25, 0.3) is 0 Å². The Hall–Kier alpha value is -2.28. The maximum Gasteiger partial charge on any atom is 0.225 e. The van der Waals surface area contributed by atoms with Crippen LogP contribution in [0.2, 0.25) is 0 Å². The van der Waals surface area contributed by atoms with Gasteiger partial charge < -0.3 is 9.80 Å². The molecular weight excluding hydrogens is 314 g/mol. The molecule has 7 nitrogen and oxygen atoms in total. The van der Waals surface area contributed by atoms with Crippen molar-refractivity contribution < 1.29 is 0 Å². The van der Waals surface area contributed by atoms with Crippen molar-refractivity contribution in [2.24, 2.45) is 0 Å². The Balaban J connectivity index is 1.17. The molecule has 2 aliphatic heterocycles. The van der Waals surface area contributed by atoms with Gasteiger partial charge in [0, 0.05) is 76.0 Å². The molecule has 4 heterocycles. The Morgan fingerprint density at radius 3 is 2.20 bits per heavy atom. The standard InChI is InChI=1S/C18H23N7/c1-4-21-18(22-5-1)24-10-8-23(9-11-24)15-12-25(13-15)17-16(14-2-3-14)19-6-7-20-17/h1,4-7,14-15H,2-3,8-13H2. The molecule has 130 valence electrons. The van der Waals surface area contributed by atoms with Gasteiger partial charge in [0.15, 0.2) is 5.82 Å². The first kappa shape index (κ1) is 15.0. The molecule has 0 radical (unpaired) electrons. The summed E-state index contributed by atoms with van der Waals surface area (Å²) in [5.41, 5.74) is 1.21. The van der Waals surface area contributed by atoms with Gasteiger partial charge in [0.2, 0.25) is 5.95 Å². The van der Waals surface area contributed by atoms with Crippen molar-refractivity contribution in [2.45, 2.75) is 24.8 Å². The van der Waals surface area contributed by atoms with E-state index in [1.807, 2.05) is 30.9 Å². The minimum atomic E-state index is 0.632. The lowest BCUT2D eigenvalue weighted by Crippen LogP contribution is -2.63. The van der Waals surface area contributed by atoms with E-state index in [4.69, 9.17) is 0 Å². The van der Waals surface area contributed by atoms with Crippen molar-refractivity contribution in [2.75, 3.05) is 49.1 Å². The van der Waals surface area contributed by atoms with E-state index in [9.17, 15) is 0 Å². The molecule has 7 heteroatoms. The lowest BCUT2D eigenvalue weighted by Gasteiger charge is -2.48. The van der Waals surface area contributed by atoms with Crippen LogP contribution in [0.1, 0.15) is 24.5 Å². The first-order valence-electron chi connectivity index (χ1n) is 9.20. The van der Waals surface area contributed by atoms with Crippen LogP contribution in [0, 0.1) is 0 Å². The highest BCUT2D eigenvalue weighted by atomic mass is 15.4. The van der Waals surface area contributed by atoms with Crippen LogP contribution in [0.3, 0.4) is 0 Å². The van der Waals surface area contributed by atoms with Crippen LogP contribution in [-0.2, 0) is 0 Å². The van der Waals surface area contributed by atoms with E-state index in [-0.39, 0.29) is 0 Å². The smallest absolute Gasteiger partial charge is 0.225 e. The zero-order chi connectivity index (χ0) is 16.6. The second kappa shape index (κ2) is 6.22. The number of nitrogens with zero attached hydrogens (tertiary/aromatic N) is 7. The summed E-state index contributed by atoms with van der Waals surface area (Å²) in [5.74, 6) is 2.63. The van der Waals surface area contributed by atoms with Gasteiger partial charge in [-0.05, 0) is 18.9 Å². The largest absolute Gasteiger partial charge is 0.352 e. The zero-order valence-electron chi connectivity index (χ0n) is 14.3. The molecule has 0 amide bonds. The quantitative estimate of drug-likeness (QED) is 0.829. The van der Waals surface area contributed by atoms with E-state index in [0.29, 0.717) is 12.0 Å². The Labute approximate surface area is 147 Å². The van der Waals surface area contributed by atoms with Crippen LogP contribution < -0.4 is 9.80 Å². The highest BCUT2D eigenvalue weighted by Gasteiger charge is 2.38. The minimum absolute atomic E-state index is 0.632. The predicted octanol–water partition coefficient (Wildman–Crippen LogP) is 1.15. The van der Waals surface area contributed by atoms with Gasteiger partial charge in [0.1, 0.15) is 0 Å². The lowest BCUT2D eigenvalue weighted by atomic mass is 10.0. The molecule has 1 aliphatic carbocycles. The fraction of sp³-hybridized carbons (Fsp3) is 0.556. The van der Waals surface area contributed by atoms with E-state index in [1.165, 1.54) is 18.5 Å². The third kappa shape index (κ3) is 2.93. The van der Waals surface area contributed by atoms with Gasteiger partial charge in [-0.1, -0.05) is 0 Å². The third-order valence-corrected chi connectivity index (χ3v) is 5.50. The minimum Gasteiger partial charge on any atom is -0.352 e. The summed E-state index contributed by atoms with van der Waals surface area (Å²) in [7, 11) is 0. The Morgan fingerprint density at radius 2 is 1.48 bits per heavy atom. The fourth-order valence-corrected chi connectivity index (χ4v) is 3.83. The number of piperazine rings is 1. The summed E-state index contributed by atoms with van der Waals surface area (Å²) in [4.78, 5) is 25.2. The number of hydrogen-bond acceptors (Lipinski definition) is 7. The molecule has 2 aromatic heterocycles. The maximum absolute atomic E-state index is 4.61. The first-order chi connectivity index (χ1) is 12.4. The van der Waals surface area contributed by atoms with E-state index in [2.05, 4.69) is 34.6 Å². The molecule has 0 bridgehead atoms. The molecular formula is C18H23N7. The van der Waals surface area contributed by atoms with Gasteiger partial charge in [0.25, 0.3) is 0 Å². The number of aromatic nitrogens is 4. The molecule has 1 saturated carbocycles. The van der Waals surface area contributed by atoms with Gasteiger partial charge in [-0.3, -0.25) is 9.88 Å². The summed E-state index contributed by atoms with van der Waals surface area (Å²) in [6.45, 7) is 6.29. The summed E-state index contributed by atoms with van der Waals surface area (Å²) in [5, 5.41) is 0. The Kier molecular flexibility index (Phi) is 3.73. The molecule has 0 aromatic carbocycles. The topological polar surface area (TPSA) is 61.3 Å². The molecule has 25 heavy (non-hydrogen) atoms. The Bertz CT molecular complexity index is 719. The second-order valence-corrected chi connectivity index (χ2v) is 7.17. The highest BCUT2D eigenvalue weighted by molar-refractivity contribution is 5.49. The van der Waals surface area contributed by atoms with Gasteiger partial charge >= 0.3 is 0 Å². The molecule has 3 aliphatic rings. The molecule has 0 N–H and O–H groups in total. The van der Waals surface area contributed by atoms with Crippen molar-refractivity contribution in [1.29, 1.82) is 0 Å². The summed E-state index contributed by atoms with van der Waals surface area (Å²) < 4.78 is 0. The molecule has 0 unspecified atom stereocenters. The Morgan fingerprint density at radius 1 is 0.760 bits per heavy atom. The van der Waals surface area contributed by atoms with Gasteiger partial charge in [-0.25, -0.2) is 15.0 Å². The zero-order valence-corrected chi connectivity index (χ0v) is 14.3. The van der Waals surface area contributed by atoms with E-state index < -0.39 is 0 Å². The molecule has 5 rings (SSSR count). The summed E-state index contributed by atoms with van der Waals surface area (Å²) in [6, 6.07) is 2.50. The summed E-state index contributed by atoms with van der Waals surface area (Å²) >= 11 is 0. The second-order valence-electron chi connectivity index (χ2n) is 7.17. The van der Waals surface area contributed by atoms with Crippen molar-refractivity contribution in [1.82, 2.24) is 24.8 Å². The van der Waals surface area contributed by atoms with Crippen molar-refractivity contribution in [3.05, 3.63) is 36.5 Å². The molecule has 0 atom stereocenters. The first-order valence-corrected chi connectivity index (χ1v) is 9.20. The van der Waals surface area contributed by atoms with Gasteiger partial charge in [0.05, 0.1) is 5.69 Å².